The molecular weight excluding hydrogens is 365 g/mol. The second kappa shape index (κ2) is 7.97. The number of benzene rings is 2. The molecule has 1 amide bonds. The first-order valence-electron chi connectivity index (χ1n) is 7.64. The first kappa shape index (κ1) is 19.4. The van der Waals surface area contributed by atoms with Gasteiger partial charge in [-0.15, -0.1) is 0 Å². The number of nitrogens with zero attached hydrogens (tertiary/aromatic N) is 1. The van der Waals surface area contributed by atoms with E-state index in [1.54, 1.807) is 7.05 Å². The van der Waals surface area contributed by atoms with Gasteiger partial charge < -0.3 is 4.90 Å². The number of amides is 1. The lowest BCUT2D eigenvalue weighted by Crippen LogP contribution is -2.34. The van der Waals surface area contributed by atoms with E-state index < -0.39 is 33.1 Å². The molecule has 0 aliphatic carbocycles. The van der Waals surface area contributed by atoms with E-state index >= 15 is 0 Å². The van der Waals surface area contributed by atoms with Crippen molar-refractivity contribution in [3.8, 4) is 0 Å². The predicted molar refractivity (Wildman–Crippen MR) is 96.5 cm³/mol. The molecule has 134 valence electrons. The fraction of sp³-hybridized carbons (Fsp3) is 0.278. The number of sulfone groups is 1. The van der Waals surface area contributed by atoms with Gasteiger partial charge in [-0.2, -0.15) is 0 Å². The predicted octanol–water partition coefficient (Wildman–Crippen LogP) is 3.61. The van der Waals surface area contributed by atoms with Gasteiger partial charge in [0.15, 0.2) is 9.84 Å². The highest BCUT2D eigenvalue weighted by Gasteiger charge is 2.24. The molecule has 4 nitrogen and oxygen atoms in total. The second-order valence-electron chi connectivity index (χ2n) is 5.86. The van der Waals surface area contributed by atoms with Crippen molar-refractivity contribution in [2.45, 2.75) is 18.7 Å². The monoisotopic (exact) mass is 383 g/mol. The van der Waals surface area contributed by atoms with E-state index in [2.05, 4.69) is 0 Å². The lowest BCUT2D eigenvalue weighted by Gasteiger charge is -2.25. The maximum atomic E-state index is 13.1. The Morgan fingerprint density at radius 2 is 1.84 bits per heavy atom. The van der Waals surface area contributed by atoms with Crippen molar-refractivity contribution in [3.05, 3.63) is 70.5 Å². The Morgan fingerprint density at radius 3 is 2.44 bits per heavy atom. The second-order valence-corrected chi connectivity index (χ2v) is 8.33. The van der Waals surface area contributed by atoms with Crippen LogP contribution in [0.1, 0.15) is 24.1 Å². The number of hydrogen-bond acceptors (Lipinski definition) is 3. The standard InChI is InChI=1S/C18H19ClFNO3S/c1-13(14-6-4-3-5-7-14)21(2)18(22)12-25(23,24)11-15-8-9-16(20)10-17(15)19/h3-10,13H,11-12H2,1-2H3. The van der Waals surface area contributed by atoms with Gasteiger partial charge in [0.2, 0.25) is 5.91 Å². The Bertz CT molecular complexity index is 856. The molecule has 7 heteroatoms. The van der Waals surface area contributed by atoms with E-state index in [9.17, 15) is 17.6 Å². The van der Waals surface area contributed by atoms with Gasteiger partial charge in [0.1, 0.15) is 11.6 Å². The maximum Gasteiger partial charge on any atom is 0.238 e. The van der Waals surface area contributed by atoms with Crippen molar-refractivity contribution >= 4 is 27.3 Å². The highest BCUT2D eigenvalue weighted by molar-refractivity contribution is 7.91. The summed E-state index contributed by atoms with van der Waals surface area (Å²) in [6.07, 6.45) is 0. The summed E-state index contributed by atoms with van der Waals surface area (Å²) in [5, 5.41) is 0.0297. The van der Waals surface area contributed by atoms with E-state index in [4.69, 9.17) is 11.6 Å². The van der Waals surface area contributed by atoms with Crippen LogP contribution in [0.2, 0.25) is 5.02 Å². The van der Waals surface area contributed by atoms with Gasteiger partial charge >= 0.3 is 0 Å². The molecule has 0 aliphatic heterocycles. The SMILES string of the molecule is CC(c1ccccc1)N(C)C(=O)CS(=O)(=O)Cc1ccc(F)cc1Cl. The van der Waals surface area contributed by atoms with Crippen molar-refractivity contribution in [2.24, 2.45) is 0 Å². The minimum absolute atomic E-state index is 0.0297. The summed E-state index contributed by atoms with van der Waals surface area (Å²) in [4.78, 5) is 13.8. The van der Waals surface area contributed by atoms with Crippen molar-refractivity contribution < 1.29 is 17.6 Å². The van der Waals surface area contributed by atoms with Crippen LogP contribution in [0.5, 0.6) is 0 Å². The summed E-state index contributed by atoms with van der Waals surface area (Å²) in [5.74, 6) is -2.09. The number of halogens is 2. The van der Waals surface area contributed by atoms with E-state index in [0.29, 0.717) is 0 Å². The number of rotatable bonds is 6. The quantitative estimate of drug-likeness (QED) is 0.765. The number of carbonyl (C=O) groups is 1. The van der Waals surface area contributed by atoms with Crippen LogP contribution >= 0.6 is 11.6 Å². The molecule has 0 saturated heterocycles. The zero-order valence-corrected chi connectivity index (χ0v) is 15.5. The molecule has 0 aromatic heterocycles. The van der Waals surface area contributed by atoms with Crippen molar-refractivity contribution in [1.29, 1.82) is 0 Å². The molecule has 25 heavy (non-hydrogen) atoms. The first-order valence-corrected chi connectivity index (χ1v) is 9.84. The summed E-state index contributed by atoms with van der Waals surface area (Å²) in [6, 6.07) is 12.6. The van der Waals surface area contributed by atoms with Gasteiger partial charge in [0, 0.05) is 12.1 Å². The van der Waals surface area contributed by atoms with Gasteiger partial charge in [-0.05, 0) is 30.2 Å². The molecule has 0 N–H and O–H groups in total. The third kappa shape index (κ3) is 5.28. The van der Waals surface area contributed by atoms with Gasteiger partial charge in [0.25, 0.3) is 0 Å². The molecule has 0 aliphatic rings. The molecule has 1 unspecified atom stereocenters. The van der Waals surface area contributed by atoms with E-state index in [1.807, 2.05) is 37.3 Å². The number of carbonyl (C=O) groups excluding carboxylic acids is 1. The molecule has 0 spiro atoms. The molecule has 0 heterocycles. The fourth-order valence-corrected chi connectivity index (χ4v) is 4.11. The number of hydrogen-bond donors (Lipinski definition) is 0. The molecule has 2 aromatic rings. The largest absolute Gasteiger partial charge is 0.338 e. The molecule has 0 saturated carbocycles. The Balaban J connectivity index is 2.07. The van der Waals surface area contributed by atoms with E-state index in [-0.39, 0.29) is 16.6 Å². The van der Waals surface area contributed by atoms with Gasteiger partial charge in [-0.1, -0.05) is 48.0 Å². The molecule has 2 aromatic carbocycles. The summed E-state index contributed by atoms with van der Waals surface area (Å²) in [5.41, 5.74) is 1.19. The average molecular weight is 384 g/mol. The first-order chi connectivity index (χ1) is 11.7. The normalized spacial score (nSPS) is 12.6. The van der Waals surface area contributed by atoms with Crippen LogP contribution in [-0.4, -0.2) is 32.0 Å². The summed E-state index contributed by atoms with van der Waals surface area (Å²) in [6.45, 7) is 1.83. The van der Waals surface area contributed by atoms with Crippen LogP contribution in [-0.2, 0) is 20.4 Å². The minimum atomic E-state index is -3.73. The summed E-state index contributed by atoms with van der Waals surface area (Å²) in [7, 11) is -2.16. The molecule has 0 fully saturated rings. The Morgan fingerprint density at radius 1 is 1.20 bits per heavy atom. The molecule has 1 atom stereocenters. The van der Waals surface area contributed by atoms with Crippen LogP contribution in [0.25, 0.3) is 0 Å². The zero-order chi connectivity index (χ0) is 18.6. The van der Waals surface area contributed by atoms with Gasteiger partial charge in [-0.25, -0.2) is 12.8 Å². The Labute approximate surface area is 152 Å². The highest BCUT2D eigenvalue weighted by Crippen LogP contribution is 2.21. The van der Waals surface area contributed by atoms with Gasteiger partial charge in [-0.3, -0.25) is 4.79 Å². The Kier molecular flexibility index (Phi) is 6.19. The minimum Gasteiger partial charge on any atom is -0.338 e. The van der Waals surface area contributed by atoms with Crippen LogP contribution in [0.15, 0.2) is 48.5 Å². The maximum absolute atomic E-state index is 13.1. The third-order valence-electron chi connectivity index (χ3n) is 3.99. The van der Waals surface area contributed by atoms with E-state index in [0.717, 1.165) is 17.7 Å². The molecule has 2 rings (SSSR count). The highest BCUT2D eigenvalue weighted by atomic mass is 35.5. The van der Waals surface area contributed by atoms with Crippen LogP contribution in [0.3, 0.4) is 0 Å². The van der Waals surface area contributed by atoms with Gasteiger partial charge in [0.05, 0.1) is 11.8 Å². The van der Waals surface area contributed by atoms with Crippen molar-refractivity contribution in [3.63, 3.8) is 0 Å². The Hall–Kier alpha value is -1.92. The zero-order valence-electron chi connectivity index (χ0n) is 13.9. The fourth-order valence-electron chi connectivity index (χ4n) is 2.39. The lowest BCUT2D eigenvalue weighted by molar-refractivity contribution is -0.129. The van der Waals surface area contributed by atoms with Crippen molar-refractivity contribution in [2.75, 3.05) is 12.8 Å². The third-order valence-corrected chi connectivity index (χ3v) is 5.78. The van der Waals surface area contributed by atoms with Crippen LogP contribution in [0.4, 0.5) is 4.39 Å². The van der Waals surface area contributed by atoms with Crippen LogP contribution in [0, 0.1) is 5.82 Å². The summed E-state index contributed by atoms with van der Waals surface area (Å²) >= 11 is 5.87. The molecule has 0 bridgehead atoms. The topological polar surface area (TPSA) is 54.5 Å². The molecular formula is C18H19ClFNO3S. The summed E-state index contributed by atoms with van der Waals surface area (Å²) < 4.78 is 37.7. The van der Waals surface area contributed by atoms with Crippen LogP contribution < -0.4 is 0 Å². The van der Waals surface area contributed by atoms with E-state index in [1.165, 1.54) is 11.0 Å². The lowest BCUT2D eigenvalue weighted by atomic mass is 10.1. The van der Waals surface area contributed by atoms with Crippen molar-refractivity contribution in [1.82, 2.24) is 4.90 Å². The average Bonchev–Trinajstić information content (AvgIpc) is 2.56. The smallest absolute Gasteiger partial charge is 0.238 e. The molecule has 0 radical (unpaired) electrons.